The van der Waals surface area contributed by atoms with Crippen LogP contribution in [0.15, 0.2) is 76.3 Å². The van der Waals surface area contributed by atoms with E-state index in [9.17, 15) is 4.39 Å². The average Bonchev–Trinajstić information content (AvgIpc) is 3.19. The van der Waals surface area contributed by atoms with Crippen LogP contribution in [-0.2, 0) is 0 Å². The predicted octanol–water partition coefficient (Wildman–Crippen LogP) is 5.84. The molecule has 3 aromatic carbocycles. The fourth-order valence-electron chi connectivity index (χ4n) is 3.95. The topological polar surface area (TPSA) is 34.1 Å². The quantitative estimate of drug-likeness (QED) is 0.500. The highest BCUT2D eigenvalue weighted by Gasteiger charge is 2.42. The van der Waals surface area contributed by atoms with Crippen LogP contribution >= 0.6 is 15.9 Å². The van der Waals surface area contributed by atoms with E-state index in [0.717, 1.165) is 38.4 Å². The molecule has 0 amide bonds. The third-order valence-electron chi connectivity index (χ3n) is 5.33. The Bertz CT molecular complexity index is 1100. The van der Waals surface area contributed by atoms with Gasteiger partial charge in [-0.15, -0.1) is 0 Å². The molecule has 2 atom stereocenters. The van der Waals surface area contributed by atoms with Crippen molar-refractivity contribution in [2.24, 2.45) is 5.10 Å². The number of fused-ring (bicyclic) bond motifs is 3. The van der Waals surface area contributed by atoms with E-state index in [1.165, 1.54) is 12.1 Å². The maximum atomic E-state index is 13.4. The van der Waals surface area contributed by atoms with Crippen molar-refractivity contribution in [1.82, 2.24) is 5.01 Å². The third-order valence-corrected chi connectivity index (χ3v) is 5.83. The van der Waals surface area contributed by atoms with Gasteiger partial charge >= 0.3 is 0 Å². The summed E-state index contributed by atoms with van der Waals surface area (Å²) in [5.41, 5.74) is 3.81. The molecule has 6 heteroatoms. The number of benzene rings is 3. The van der Waals surface area contributed by atoms with Crippen LogP contribution < -0.4 is 9.47 Å². The van der Waals surface area contributed by atoms with Crippen LogP contribution in [-0.4, -0.2) is 17.8 Å². The summed E-state index contributed by atoms with van der Waals surface area (Å²) in [6.07, 6.45) is 0.298. The number of nitrogens with zero attached hydrogens (tertiary/aromatic N) is 2. The molecule has 0 saturated heterocycles. The zero-order chi connectivity index (χ0) is 20.0. The highest BCUT2D eigenvalue weighted by molar-refractivity contribution is 9.10. The summed E-state index contributed by atoms with van der Waals surface area (Å²) in [5.74, 6) is 1.33. The van der Waals surface area contributed by atoms with Crippen LogP contribution in [0.4, 0.5) is 4.39 Å². The molecular weight excluding hydrogens is 435 g/mol. The molecular formula is C23H18BrFN2O2. The second-order valence-electron chi connectivity index (χ2n) is 7.05. The molecule has 0 fully saturated rings. The van der Waals surface area contributed by atoms with Crippen molar-refractivity contribution < 1.29 is 13.9 Å². The number of ether oxygens (including phenoxy) is 2. The van der Waals surface area contributed by atoms with Crippen molar-refractivity contribution in [3.8, 4) is 11.5 Å². The zero-order valence-corrected chi connectivity index (χ0v) is 17.3. The Labute approximate surface area is 176 Å². The van der Waals surface area contributed by atoms with Gasteiger partial charge in [-0.3, -0.25) is 0 Å². The first-order chi connectivity index (χ1) is 14.1. The number of hydrogen-bond donors (Lipinski definition) is 0. The minimum atomic E-state index is -0.414. The Morgan fingerprint density at radius 3 is 2.66 bits per heavy atom. The summed E-state index contributed by atoms with van der Waals surface area (Å²) >= 11 is 3.57. The van der Waals surface area contributed by atoms with Gasteiger partial charge in [-0.05, 0) is 48.0 Å². The molecule has 0 radical (unpaired) electrons. The second-order valence-corrected chi connectivity index (χ2v) is 7.96. The van der Waals surface area contributed by atoms with Crippen molar-refractivity contribution in [3.63, 3.8) is 0 Å². The van der Waals surface area contributed by atoms with Gasteiger partial charge in [-0.2, -0.15) is 5.10 Å². The number of halogens is 2. The van der Waals surface area contributed by atoms with Crippen LogP contribution in [0, 0.1) is 5.82 Å². The highest BCUT2D eigenvalue weighted by Crippen LogP contribution is 2.49. The Morgan fingerprint density at radius 1 is 1.07 bits per heavy atom. The lowest BCUT2D eigenvalue weighted by atomic mass is 9.96. The monoisotopic (exact) mass is 452 g/mol. The van der Waals surface area contributed by atoms with Gasteiger partial charge in [0.05, 0.1) is 24.4 Å². The smallest absolute Gasteiger partial charge is 0.217 e. The van der Waals surface area contributed by atoms with E-state index in [4.69, 9.17) is 14.6 Å². The second kappa shape index (κ2) is 7.19. The summed E-state index contributed by atoms with van der Waals surface area (Å²) in [6.45, 7) is 0. The van der Waals surface area contributed by atoms with Gasteiger partial charge < -0.3 is 9.47 Å². The molecule has 0 bridgehead atoms. The van der Waals surface area contributed by atoms with Crippen molar-refractivity contribution in [2.75, 3.05) is 7.11 Å². The van der Waals surface area contributed by atoms with Gasteiger partial charge in [0.1, 0.15) is 17.3 Å². The normalized spacial score (nSPS) is 19.8. The number of rotatable bonds is 3. The van der Waals surface area contributed by atoms with E-state index in [2.05, 4.69) is 22.0 Å². The summed E-state index contributed by atoms with van der Waals surface area (Å²) in [7, 11) is 1.65. The zero-order valence-electron chi connectivity index (χ0n) is 15.7. The number of hydrazone groups is 1. The van der Waals surface area contributed by atoms with Crippen LogP contribution in [0.3, 0.4) is 0 Å². The lowest BCUT2D eigenvalue weighted by Gasteiger charge is -2.38. The first-order valence-electron chi connectivity index (χ1n) is 9.35. The molecule has 0 aliphatic carbocycles. The molecule has 29 heavy (non-hydrogen) atoms. The number of para-hydroxylation sites is 1. The highest BCUT2D eigenvalue weighted by atomic mass is 79.9. The minimum absolute atomic E-state index is 0.0196. The lowest BCUT2D eigenvalue weighted by molar-refractivity contribution is -0.0203. The molecule has 0 unspecified atom stereocenters. The molecule has 0 N–H and O–H groups in total. The minimum Gasteiger partial charge on any atom is -0.496 e. The lowest BCUT2D eigenvalue weighted by Crippen LogP contribution is -2.34. The number of methoxy groups -OCH3 is 1. The molecule has 2 aliphatic heterocycles. The van der Waals surface area contributed by atoms with Gasteiger partial charge in [-0.25, -0.2) is 9.40 Å². The van der Waals surface area contributed by atoms with Gasteiger partial charge in [0.2, 0.25) is 6.23 Å². The summed E-state index contributed by atoms with van der Waals surface area (Å²) in [4.78, 5) is 0. The molecule has 3 aromatic rings. The SMILES string of the molecule is COc1ccccc1[C@@H]1Oc2ccc(Br)cc2[C@H]2CC(c3ccc(F)cc3)=NN21. The molecule has 0 saturated carbocycles. The van der Waals surface area contributed by atoms with E-state index in [1.807, 2.05) is 41.4 Å². The molecule has 2 aliphatic rings. The van der Waals surface area contributed by atoms with E-state index >= 15 is 0 Å². The van der Waals surface area contributed by atoms with Crippen LogP contribution in [0.1, 0.15) is 35.4 Å². The predicted molar refractivity (Wildman–Crippen MR) is 113 cm³/mol. The summed E-state index contributed by atoms with van der Waals surface area (Å²) < 4.78 is 26.3. The largest absolute Gasteiger partial charge is 0.496 e. The molecule has 0 spiro atoms. The van der Waals surface area contributed by atoms with Crippen molar-refractivity contribution in [3.05, 3.63) is 93.7 Å². The van der Waals surface area contributed by atoms with Gasteiger partial charge in [0, 0.05) is 16.5 Å². The van der Waals surface area contributed by atoms with E-state index in [-0.39, 0.29) is 11.9 Å². The first-order valence-corrected chi connectivity index (χ1v) is 10.1. The Morgan fingerprint density at radius 2 is 1.86 bits per heavy atom. The fraction of sp³-hybridized carbons (Fsp3) is 0.174. The molecule has 0 aromatic heterocycles. The van der Waals surface area contributed by atoms with Crippen LogP contribution in [0.25, 0.3) is 0 Å². The van der Waals surface area contributed by atoms with Crippen molar-refractivity contribution >= 4 is 21.6 Å². The van der Waals surface area contributed by atoms with E-state index < -0.39 is 6.23 Å². The van der Waals surface area contributed by atoms with Crippen LogP contribution in [0.2, 0.25) is 0 Å². The molecule has 5 rings (SSSR count). The molecule has 4 nitrogen and oxygen atoms in total. The van der Waals surface area contributed by atoms with Gasteiger partial charge in [-0.1, -0.05) is 40.2 Å². The number of hydrogen-bond acceptors (Lipinski definition) is 4. The fourth-order valence-corrected chi connectivity index (χ4v) is 4.33. The van der Waals surface area contributed by atoms with Crippen LogP contribution in [0.5, 0.6) is 11.5 Å². The Balaban J connectivity index is 1.62. The summed E-state index contributed by atoms with van der Waals surface area (Å²) in [5, 5.41) is 6.89. The van der Waals surface area contributed by atoms with Crippen molar-refractivity contribution in [1.29, 1.82) is 0 Å². The molecule has 146 valence electrons. The summed E-state index contributed by atoms with van der Waals surface area (Å²) in [6, 6.07) is 20.3. The first kappa shape index (κ1) is 18.2. The Hall–Kier alpha value is -2.86. The van der Waals surface area contributed by atoms with Gasteiger partial charge in [0.25, 0.3) is 0 Å². The Kier molecular flexibility index (Phi) is 4.51. The third kappa shape index (κ3) is 3.17. The maximum absolute atomic E-state index is 13.4. The van der Waals surface area contributed by atoms with Gasteiger partial charge in [0.15, 0.2) is 0 Å². The van der Waals surface area contributed by atoms with Crippen molar-refractivity contribution in [2.45, 2.75) is 18.7 Å². The average molecular weight is 453 g/mol. The molecule has 2 heterocycles. The maximum Gasteiger partial charge on any atom is 0.217 e. The standard InChI is InChI=1S/C23H18BrFN2O2/c1-28-21-5-3-2-4-17(21)23-27-20(18-12-15(24)8-11-22(18)29-23)13-19(26-27)14-6-9-16(25)10-7-14/h2-12,20,23H,13H2,1H3/t20-,23+/m1/s1. The van der Waals surface area contributed by atoms with E-state index in [1.54, 1.807) is 19.2 Å². The van der Waals surface area contributed by atoms with E-state index in [0.29, 0.717) is 6.42 Å².